The second-order valence-electron chi connectivity index (χ2n) is 4.72. The van der Waals surface area contributed by atoms with Crippen LogP contribution in [0.15, 0.2) is 0 Å². The van der Waals surface area contributed by atoms with E-state index in [2.05, 4.69) is 4.74 Å². The van der Waals surface area contributed by atoms with Crippen LogP contribution in [0.3, 0.4) is 0 Å². The van der Waals surface area contributed by atoms with Gasteiger partial charge >= 0.3 is 17.9 Å². The van der Waals surface area contributed by atoms with Gasteiger partial charge in [-0.3, -0.25) is 19.2 Å². The molecule has 130 valence electrons. The van der Waals surface area contributed by atoms with Gasteiger partial charge < -0.3 is 28.8 Å². The molecule has 0 aliphatic carbocycles. The number of esters is 3. The van der Waals surface area contributed by atoms with Crippen LogP contribution in [0.4, 0.5) is 0 Å². The minimum Gasteiger partial charge on any atom is -0.465 e. The highest BCUT2D eigenvalue weighted by atomic mass is 16.7. The van der Waals surface area contributed by atoms with Gasteiger partial charge in [0, 0.05) is 20.8 Å². The van der Waals surface area contributed by atoms with Crippen LogP contribution in [0.2, 0.25) is 0 Å². The topological polar surface area (TPSA) is 135 Å². The van der Waals surface area contributed by atoms with Crippen LogP contribution in [0.1, 0.15) is 20.8 Å². The average molecular weight is 334 g/mol. The zero-order valence-electron chi connectivity index (χ0n) is 12.8. The van der Waals surface area contributed by atoms with Crippen molar-refractivity contribution in [2.75, 3.05) is 6.61 Å². The number of hydrogen-bond acceptors (Lipinski definition) is 10. The summed E-state index contributed by atoms with van der Waals surface area (Å²) >= 11 is 0. The second-order valence-corrected chi connectivity index (χ2v) is 4.72. The molecule has 1 heterocycles. The third-order valence-electron chi connectivity index (χ3n) is 2.84. The van der Waals surface area contributed by atoms with E-state index < -0.39 is 48.6 Å². The zero-order chi connectivity index (χ0) is 17.6. The molecule has 5 atom stereocenters. The largest absolute Gasteiger partial charge is 0.465 e. The van der Waals surface area contributed by atoms with Crippen LogP contribution in [-0.2, 0) is 42.9 Å². The van der Waals surface area contributed by atoms with Gasteiger partial charge in [-0.15, -0.1) is 0 Å². The number of aliphatic hydroxyl groups excluding tert-OH is 1. The number of carbonyl (C=O) groups excluding carboxylic acids is 4. The molecule has 0 amide bonds. The van der Waals surface area contributed by atoms with E-state index >= 15 is 0 Å². The number of carbonyl (C=O) groups is 4. The molecule has 0 aromatic heterocycles. The lowest BCUT2D eigenvalue weighted by Crippen LogP contribution is -2.62. The molecule has 0 aromatic carbocycles. The first-order valence-electron chi connectivity index (χ1n) is 6.66. The summed E-state index contributed by atoms with van der Waals surface area (Å²) in [5.74, 6) is -2.25. The summed E-state index contributed by atoms with van der Waals surface area (Å²) in [6, 6.07) is 0. The number of ether oxygens (including phenoxy) is 5. The van der Waals surface area contributed by atoms with Crippen LogP contribution in [0, 0.1) is 0 Å². The molecule has 10 nitrogen and oxygen atoms in total. The molecule has 1 saturated heterocycles. The summed E-state index contributed by atoms with van der Waals surface area (Å²) in [6.07, 6.45) is -6.77. The van der Waals surface area contributed by atoms with Gasteiger partial charge in [-0.2, -0.15) is 0 Å². The summed E-state index contributed by atoms with van der Waals surface area (Å²) < 4.78 is 24.6. The molecule has 1 aliphatic heterocycles. The Labute approximate surface area is 131 Å². The Morgan fingerprint density at radius 1 is 0.957 bits per heavy atom. The fourth-order valence-electron chi connectivity index (χ4n) is 2.14. The lowest BCUT2D eigenvalue weighted by Gasteiger charge is -2.42. The standard InChI is InChI=1S/C13H18O10/c1-6(15)20-10-9(4-19-5-14)23-13(18)12(22-8(3)17)11(10)21-7(2)16/h5,9-13,18H,4H2,1-3H3. The molecule has 0 spiro atoms. The van der Waals surface area contributed by atoms with Crippen LogP contribution in [0.5, 0.6) is 0 Å². The Morgan fingerprint density at radius 3 is 1.91 bits per heavy atom. The SMILES string of the molecule is CC(=O)OC1C(O)OC(COC=O)C(OC(C)=O)C1OC(C)=O. The minimum atomic E-state index is -1.67. The van der Waals surface area contributed by atoms with E-state index in [0.29, 0.717) is 0 Å². The minimum absolute atomic E-state index is 0.138. The average Bonchev–Trinajstić information content (AvgIpc) is 2.42. The van der Waals surface area contributed by atoms with Crippen LogP contribution in [0.25, 0.3) is 0 Å². The van der Waals surface area contributed by atoms with Crippen molar-refractivity contribution in [2.24, 2.45) is 0 Å². The highest BCUT2D eigenvalue weighted by Crippen LogP contribution is 2.27. The van der Waals surface area contributed by atoms with Gasteiger partial charge in [0.1, 0.15) is 12.7 Å². The van der Waals surface area contributed by atoms with Crippen molar-refractivity contribution in [3.63, 3.8) is 0 Å². The third kappa shape index (κ3) is 5.49. The molecule has 0 radical (unpaired) electrons. The lowest BCUT2D eigenvalue weighted by molar-refractivity contribution is -0.295. The first-order valence-corrected chi connectivity index (χ1v) is 6.66. The molecular weight excluding hydrogens is 316 g/mol. The molecule has 5 unspecified atom stereocenters. The van der Waals surface area contributed by atoms with Crippen molar-refractivity contribution < 1.29 is 48.0 Å². The van der Waals surface area contributed by atoms with Gasteiger partial charge in [-0.05, 0) is 0 Å². The molecule has 0 aromatic rings. The van der Waals surface area contributed by atoms with Crippen molar-refractivity contribution in [1.29, 1.82) is 0 Å². The first kappa shape index (κ1) is 18.8. The van der Waals surface area contributed by atoms with Crippen LogP contribution in [-0.4, -0.2) is 66.8 Å². The highest BCUT2D eigenvalue weighted by molar-refractivity contribution is 5.68. The maximum absolute atomic E-state index is 11.3. The normalized spacial score (nSPS) is 30.0. The quantitative estimate of drug-likeness (QED) is 0.353. The highest BCUT2D eigenvalue weighted by Gasteiger charge is 2.51. The molecule has 1 fully saturated rings. The van der Waals surface area contributed by atoms with E-state index in [0.717, 1.165) is 20.8 Å². The Hall–Kier alpha value is -2.20. The van der Waals surface area contributed by atoms with Gasteiger partial charge in [-0.1, -0.05) is 0 Å². The van der Waals surface area contributed by atoms with Crippen LogP contribution >= 0.6 is 0 Å². The maximum Gasteiger partial charge on any atom is 0.303 e. The van der Waals surface area contributed by atoms with Gasteiger partial charge in [-0.25, -0.2) is 0 Å². The van der Waals surface area contributed by atoms with Gasteiger partial charge in [0.05, 0.1) is 0 Å². The van der Waals surface area contributed by atoms with Crippen LogP contribution < -0.4 is 0 Å². The molecule has 0 saturated carbocycles. The summed E-state index contributed by atoms with van der Waals surface area (Å²) in [7, 11) is 0. The van der Waals surface area contributed by atoms with E-state index in [-0.39, 0.29) is 13.1 Å². The lowest BCUT2D eigenvalue weighted by atomic mass is 9.98. The summed E-state index contributed by atoms with van der Waals surface area (Å²) in [4.78, 5) is 44.1. The zero-order valence-corrected chi connectivity index (χ0v) is 12.8. The molecule has 1 N–H and O–H groups in total. The number of hydrogen-bond donors (Lipinski definition) is 1. The number of aliphatic hydroxyl groups is 1. The Morgan fingerprint density at radius 2 is 1.43 bits per heavy atom. The van der Waals surface area contributed by atoms with E-state index in [1.807, 2.05) is 0 Å². The smallest absolute Gasteiger partial charge is 0.303 e. The molecule has 10 heteroatoms. The fourth-order valence-corrected chi connectivity index (χ4v) is 2.14. The molecular formula is C13H18O10. The van der Waals surface area contributed by atoms with Crippen molar-refractivity contribution >= 4 is 24.4 Å². The molecule has 0 bridgehead atoms. The molecule has 1 rings (SSSR count). The van der Waals surface area contributed by atoms with E-state index in [4.69, 9.17) is 18.9 Å². The van der Waals surface area contributed by atoms with E-state index in [1.165, 1.54) is 0 Å². The monoisotopic (exact) mass is 334 g/mol. The Kier molecular flexibility index (Phi) is 6.91. The first-order chi connectivity index (χ1) is 10.8. The summed E-state index contributed by atoms with van der Waals surface area (Å²) in [6.45, 7) is 3.05. The van der Waals surface area contributed by atoms with Crippen molar-refractivity contribution in [3.05, 3.63) is 0 Å². The van der Waals surface area contributed by atoms with Crippen molar-refractivity contribution in [3.8, 4) is 0 Å². The molecule has 23 heavy (non-hydrogen) atoms. The van der Waals surface area contributed by atoms with Crippen molar-refractivity contribution in [2.45, 2.75) is 51.5 Å². The van der Waals surface area contributed by atoms with Gasteiger partial charge in [0.25, 0.3) is 6.47 Å². The Bertz CT molecular complexity index is 462. The number of rotatable bonds is 6. The van der Waals surface area contributed by atoms with Gasteiger partial charge in [0.2, 0.25) is 0 Å². The third-order valence-corrected chi connectivity index (χ3v) is 2.84. The Balaban J connectivity index is 3.10. The van der Waals surface area contributed by atoms with E-state index in [1.54, 1.807) is 0 Å². The summed E-state index contributed by atoms with van der Waals surface area (Å²) in [5.41, 5.74) is 0. The molecule has 1 aliphatic rings. The maximum atomic E-state index is 11.3. The fraction of sp³-hybridized carbons (Fsp3) is 0.692. The van der Waals surface area contributed by atoms with Crippen molar-refractivity contribution in [1.82, 2.24) is 0 Å². The predicted molar refractivity (Wildman–Crippen MR) is 69.6 cm³/mol. The predicted octanol–water partition coefficient (Wildman–Crippen LogP) is -1.33. The van der Waals surface area contributed by atoms with E-state index in [9.17, 15) is 24.3 Å². The summed E-state index contributed by atoms with van der Waals surface area (Å²) in [5, 5.41) is 9.95. The second kappa shape index (κ2) is 8.44. The van der Waals surface area contributed by atoms with Gasteiger partial charge in [0.15, 0.2) is 24.6 Å².